The highest BCUT2D eigenvalue weighted by molar-refractivity contribution is 9.10. The Bertz CT molecular complexity index is 1800. The third-order valence-corrected chi connectivity index (χ3v) is 10.7. The predicted molar refractivity (Wildman–Crippen MR) is 192 cm³/mol. The van der Waals surface area contributed by atoms with E-state index in [9.17, 15) is 18.3 Å². The molecular formula is C37H43BrN2O8S. The molecule has 0 aliphatic heterocycles. The van der Waals surface area contributed by atoms with Gasteiger partial charge in [0.2, 0.25) is 10.0 Å². The van der Waals surface area contributed by atoms with Crippen LogP contribution in [0.5, 0.6) is 23.0 Å². The quantitative estimate of drug-likeness (QED) is 0.121. The second kappa shape index (κ2) is 17.5. The molecule has 0 spiro atoms. The summed E-state index contributed by atoms with van der Waals surface area (Å²) in [5, 5.41) is 14.1. The normalized spacial score (nSPS) is 12.7. The number of methoxy groups -OCH3 is 4. The average Bonchev–Trinajstić information content (AvgIpc) is 3.10. The molecule has 0 aromatic heterocycles. The maximum atomic E-state index is 14.2. The van der Waals surface area contributed by atoms with Crippen LogP contribution in [-0.4, -0.2) is 71.9 Å². The summed E-state index contributed by atoms with van der Waals surface area (Å²) in [6.45, 7) is 2.05. The SMILES string of the molecule is COc1ccc(CCNC(c2ccc(Br)cc2)C(CN(CCc2ccc(OC)c(OC)c2)S(=O)(=O)c2ccc(C)cc2)C(=O)O)cc1OC. The first-order chi connectivity index (χ1) is 23.5. The van der Waals surface area contributed by atoms with E-state index in [-0.39, 0.29) is 18.0 Å². The van der Waals surface area contributed by atoms with Gasteiger partial charge in [-0.05, 0) is 91.5 Å². The van der Waals surface area contributed by atoms with Gasteiger partial charge in [-0.15, -0.1) is 0 Å². The molecule has 0 heterocycles. The van der Waals surface area contributed by atoms with Gasteiger partial charge in [-0.3, -0.25) is 4.79 Å². The van der Waals surface area contributed by atoms with Crippen LogP contribution >= 0.6 is 15.9 Å². The van der Waals surface area contributed by atoms with Crippen molar-refractivity contribution < 1.29 is 37.3 Å². The van der Waals surface area contributed by atoms with Crippen molar-refractivity contribution in [3.8, 4) is 23.0 Å². The molecule has 4 aromatic carbocycles. The molecular weight excluding hydrogens is 712 g/mol. The molecule has 2 unspecified atom stereocenters. The second-order valence-electron chi connectivity index (χ2n) is 11.5. The summed E-state index contributed by atoms with van der Waals surface area (Å²) < 4.78 is 52.1. The number of benzene rings is 4. The van der Waals surface area contributed by atoms with E-state index in [0.717, 1.165) is 26.7 Å². The third-order valence-electron chi connectivity index (χ3n) is 8.33. The Morgan fingerprint density at radius 1 is 0.776 bits per heavy atom. The lowest BCUT2D eigenvalue weighted by atomic mass is 9.92. The van der Waals surface area contributed by atoms with E-state index in [1.54, 1.807) is 57.7 Å². The molecule has 0 radical (unpaired) electrons. The van der Waals surface area contributed by atoms with Crippen LogP contribution in [0.1, 0.15) is 28.3 Å². The van der Waals surface area contributed by atoms with Crippen molar-refractivity contribution in [1.82, 2.24) is 9.62 Å². The number of carboxylic acid groups (broad SMARTS) is 1. The van der Waals surface area contributed by atoms with Crippen molar-refractivity contribution in [1.29, 1.82) is 0 Å². The molecule has 2 N–H and O–H groups in total. The molecule has 4 rings (SSSR count). The zero-order chi connectivity index (χ0) is 35.6. The van der Waals surface area contributed by atoms with Crippen LogP contribution in [0, 0.1) is 12.8 Å². The van der Waals surface area contributed by atoms with Gasteiger partial charge in [0.1, 0.15) is 0 Å². The lowest BCUT2D eigenvalue weighted by Gasteiger charge is -2.31. The molecule has 0 saturated heterocycles. The fourth-order valence-electron chi connectivity index (χ4n) is 5.57. The van der Waals surface area contributed by atoms with E-state index in [0.29, 0.717) is 42.4 Å². The van der Waals surface area contributed by atoms with E-state index >= 15 is 0 Å². The molecule has 0 saturated carbocycles. The number of ether oxygens (including phenoxy) is 4. The first-order valence-corrected chi connectivity index (χ1v) is 17.9. The number of carboxylic acids is 1. The van der Waals surface area contributed by atoms with Crippen molar-refractivity contribution in [3.05, 3.63) is 112 Å². The van der Waals surface area contributed by atoms with Gasteiger partial charge in [0.25, 0.3) is 0 Å². The summed E-state index contributed by atoms with van der Waals surface area (Å²) in [5.41, 5.74) is 3.40. The van der Waals surface area contributed by atoms with Gasteiger partial charge in [0.15, 0.2) is 23.0 Å². The summed E-state index contributed by atoms with van der Waals surface area (Å²) in [6.07, 6.45) is 0.873. The minimum Gasteiger partial charge on any atom is -0.493 e. The van der Waals surface area contributed by atoms with E-state index in [2.05, 4.69) is 21.2 Å². The van der Waals surface area contributed by atoms with Gasteiger partial charge in [-0.25, -0.2) is 8.42 Å². The van der Waals surface area contributed by atoms with Crippen molar-refractivity contribution in [3.63, 3.8) is 0 Å². The Morgan fingerprint density at radius 2 is 1.31 bits per heavy atom. The van der Waals surface area contributed by atoms with E-state index in [1.807, 2.05) is 55.5 Å². The van der Waals surface area contributed by atoms with Crippen LogP contribution in [-0.2, 0) is 27.7 Å². The number of halogens is 1. The van der Waals surface area contributed by atoms with Gasteiger partial charge in [-0.2, -0.15) is 4.31 Å². The monoisotopic (exact) mass is 754 g/mol. The van der Waals surface area contributed by atoms with Crippen LogP contribution in [0.3, 0.4) is 0 Å². The number of hydrogen-bond acceptors (Lipinski definition) is 8. The number of aliphatic carboxylic acids is 1. The third kappa shape index (κ3) is 9.75. The van der Waals surface area contributed by atoms with Crippen molar-refractivity contribution >= 4 is 31.9 Å². The molecule has 0 fully saturated rings. The Labute approximate surface area is 297 Å². The van der Waals surface area contributed by atoms with Crippen molar-refractivity contribution in [2.24, 2.45) is 5.92 Å². The van der Waals surface area contributed by atoms with Crippen LogP contribution < -0.4 is 24.3 Å². The molecule has 10 nitrogen and oxygen atoms in total. The second-order valence-corrected chi connectivity index (χ2v) is 14.3. The lowest BCUT2D eigenvalue weighted by Crippen LogP contribution is -2.44. The smallest absolute Gasteiger partial charge is 0.309 e. The van der Waals surface area contributed by atoms with Gasteiger partial charge >= 0.3 is 5.97 Å². The van der Waals surface area contributed by atoms with Gasteiger partial charge in [-0.1, -0.05) is 57.9 Å². The highest BCUT2D eigenvalue weighted by atomic mass is 79.9. The summed E-state index contributed by atoms with van der Waals surface area (Å²) in [5.74, 6) is 0.0160. The molecule has 0 amide bonds. The van der Waals surface area contributed by atoms with Crippen molar-refractivity contribution in [2.45, 2.75) is 30.7 Å². The van der Waals surface area contributed by atoms with Crippen molar-refractivity contribution in [2.75, 3.05) is 48.1 Å². The zero-order valence-corrected chi connectivity index (χ0v) is 30.7. The maximum Gasteiger partial charge on any atom is 0.309 e. The Hall–Kier alpha value is -4.10. The highest BCUT2D eigenvalue weighted by Gasteiger charge is 2.35. The summed E-state index contributed by atoms with van der Waals surface area (Å²) in [6, 6.07) is 24.3. The molecule has 4 aromatic rings. The number of rotatable bonds is 18. The fraction of sp³-hybridized carbons (Fsp3) is 0.324. The Morgan fingerprint density at radius 3 is 1.82 bits per heavy atom. The number of nitrogens with one attached hydrogen (secondary N) is 1. The number of carbonyl (C=O) groups is 1. The maximum absolute atomic E-state index is 14.2. The molecule has 0 bridgehead atoms. The molecule has 2 atom stereocenters. The van der Waals surface area contributed by atoms with E-state index in [1.165, 1.54) is 11.4 Å². The Kier molecular flexibility index (Phi) is 13.5. The van der Waals surface area contributed by atoms with E-state index in [4.69, 9.17) is 18.9 Å². The highest BCUT2D eigenvalue weighted by Crippen LogP contribution is 2.31. The minimum absolute atomic E-state index is 0.0359. The number of hydrogen-bond donors (Lipinski definition) is 2. The van der Waals surface area contributed by atoms with Gasteiger partial charge < -0.3 is 29.4 Å². The molecule has 0 aliphatic rings. The standard InChI is InChI=1S/C37H43BrN2O8S/c1-25-6-14-30(15-7-25)49(43,44)40(21-19-27-9-17-33(46-3)35(23-27)48-5)24-31(37(41)42)36(28-10-12-29(38)13-11-28)39-20-18-26-8-16-32(45-2)34(22-26)47-4/h6-17,22-23,31,36,39H,18-21,24H2,1-5H3,(H,41,42). The average molecular weight is 756 g/mol. The topological polar surface area (TPSA) is 124 Å². The van der Waals surface area contributed by atoms with E-state index < -0.39 is 28.0 Å². The largest absolute Gasteiger partial charge is 0.493 e. The van der Waals surface area contributed by atoms with Crippen LogP contribution in [0.15, 0.2) is 94.3 Å². The zero-order valence-electron chi connectivity index (χ0n) is 28.3. The molecule has 12 heteroatoms. The van der Waals surface area contributed by atoms with Gasteiger partial charge in [0.05, 0.1) is 39.3 Å². The summed E-state index contributed by atoms with van der Waals surface area (Å²) in [7, 11) is 2.13. The predicted octanol–water partition coefficient (Wildman–Crippen LogP) is 6.30. The lowest BCUT2D eigenvalue weighted by molar-refractivity contribution is -0.143. The first-order valence-electron chi connectivity index (χ1n) is 15.7. The summed E-state index contributed by atoms with van der Waals surface area (Å²) in [4.78, 5) is 13.2. The number of sulfonamides is 1. The molecule has 49 heavy (non-hydrogen) atoms. The number of nitrogens with zero attached hydrogens (tertiary/aromatic N) is 1. The van der Waals surface area contributed by atoms with Crippen LogP contribution in [0.2, 0.25) is 0 Å². The molecule has 262 valence electrons. The van der Waals surface area contributed by atoms with Crippen LogP contribution in [0.4, 0.5) is 0 Å². The fourth-order valence-corrected chi connectivity index (χ4v) is 7.31. The molecule has 0 aliphatic carbocycles. The van der Waals surface area contributed by atoms with Crippen LogP contribution in [0.25, 0.3) is 0 Å². The van der Waals surface area contributed by atoms with Gasteiger partial charge in [0, 0.05) is 23.6 Å². The summed E-state index contributed by atoms with van der Waals surface area (Å²) >= 11 is 3.47. The number of aryl methyl sites for hydroxylation is 1. The first kappa shape index (κ1) is 37.7. The minimum atomic E-state index is -4.09. The Balaban J connectivity index is 1.67.